The molecule has 1 aromatic carbocycles. The number of aromatic hydroxyl groups is 1. The van der Waals surface area contributed by atoms with Crippen molar-refractivity contribution in [1.29, 1.82) is 0 Å². The number of nitrogens with two attached hydrogens (primary N) is 1. The Kier molecular flexibility index (Phi) is 5.02. The maximum absolute atomic E-state index is 12.2. The van der Waals surface area contributed by atoms with Crippen LogP contribution in [-0.4, -0.2) is 11.8 Å². The third-order valence-corrected chi connectivity index (χ3v) is 4.04. The van der Waals surface area contributed by atoms with Crippen LogP contribution in [0, 0.1) is 0 Å². The van der Waals surface area contributed by atoms with Crippen molar-refractivity contribution in [1.82, 2.24) is 0 Å². The Bertz CT molecular complexity index is 373. The van der Waals surface area contributed by atoms with Crippen LogP contribution < -0.4 is 5.73 Å². The van der Waals surface area contributed by atoms with Gasteiger partial charge in [0.25, 0.3) is 0 Å². The number of hydrogen-bond acceptors (Lipinski definition) is 2. The quantitative estimate of drug-likeness (QED) is 0.797. The Hall–Kier alpha value is 0.350. The molecule has 0 aliphatic heterocycles. The van der Waals surface area contributed by atoms with Crippen LogP contribution in [0.25, 0.3) is 0 Å². The first-order chi connectivity index (χ1) is 6.99. The van der Waals surface area contributed by atoms with Crippen molar-refractivity contribution in [2.75, 3.05) is 6.67 Å². The lowest BCUT2D eigenvalue weighted by molar-refractivity contribution is 0.436. The SMILES string of the molecule is N[C@H](CCF)c1c(Br)cc(Br)c(O)c1Br. The van der Waals surface area contributed by atoms with Gasteiger partial charge in [-0.05, 0) is 44.3 Å². The van der Waals surface area contributed by atoms with Gasteiger partial charge in [-0.15, -0.1) is 0 Å². The standard InChI is InChI=1S/C9H9Br3FNO/c10-4-3-5(11)9(15)8(12)7(4)6(14)1-2-13/h3,6,15H,1-2,14H2/t6-/m1/s1. The smallest absolute Gasteiger partial charge is 0.144 e. The van der Waals surface area contributed by atoms with Gasteiger partial charge in [0.05, 0.1) is 15.6 Å². The first-order valence-electron chi connectivity index (χ1n) is 4.17. The molecule has 0 bridgehead atoms. The summed E-state index contributed by atoms with van der Waals surface area (Å²) >= 11 is 9.76. The lowest BCUT2D eigenvalue weighted by atomic mass is 10.1. The van der Waals surface area contributed by atoms with Crippen molar-refractivity contribution in [3.63, 3.8) is 0 Å². The van der Waals surface area contributed by atoms with E-state index in [4.69, 9.17) is 5.73 Å². The minimum Gasteiger partial charge on any atom is -0.506 e. The Balaban J connectivity index is 3.23. The number of phenolic OH excluding ortho intramolecular Hbond substituents is 1. The maximum atomic E-state index is 12.2. The van der Waals surface area contributed by atoms with Crippen LogP contribution >= 0.6 is 47.8 Å². The molecule has 0 saturated heterocycles. The van der Waals surface area contributed by atoms with Crippen LogP contribution in [0.3, 0.4) is 0 Å². The average molecular weight is 406 g/mol. The fourth-order valence-corrected chi connectivity index (χ4v) is 3.91. The first-order valence-corrected chi connectivity index (χ1v) is 6.54. The zero-order chi connectivity index (χ0) is 11.6. The molecule has 0 amide bonds. The molecule has 15 heavy (non-hydrogen) atoms. The van der Waals surface area contributed by atoms with E-state index in [1.165, 1.54) is 0 Å². The van der Waals surface area contributed by atoms with E-state index in [1.54, 1.807) is 6.07 Å². The molecule has 0 aliphatic carbocycles. The molecule has 0 saturated carbocycles. The normalized spacial score (nSPS) is 12.9. The molecule has 1 rings (SSSR count). The lowest BCUT2D eigenvalue weighted by Gasteiger charge is -2.16. The summed E-state index contributed by atoms with van der Waals surface area (Å²) in [4.78, 5) is 0. The van der Waals surface area contributed by atoms with Gasteiger partial charge >= 0.3 is 0 Å². The van der Waals surface area contributed by atoms with E-state index < -0.39 is 12.7 Å². The van der Waals surface area contributed by atoms with Gasteiger partial charge < -0.3 is 10.8 Å². The number of alkyl halides is 1. The molecule has 0 aromatic heterocycles. The molecule has 0 unspecified atom stereocenters. The zero-order valence-corrected chi connectivity index (χ0v) is 12.4. The van der Waals surface area contributed by atoms with Crippen LogP contribution in [0.15, 0.2) is 19.5 Å². The monoisotopic (exact) mass is 403 g/mol. The van der Waals surface area contributed by atoms with Gasteiger partial charge in [0.15, 0.2) is 0 Å². The van der Waals surface area contributed by atoms with E-state index >= 15 is 0 Å². The summed E-state index contributed by atoms with van der Waals surface area (Å²) < 4.78 is 14.0. The Morgan fingerprint density at radius 3 is 2.47 bits per heavy atom. The van der Waals surface area contributed by atoms with Crippen LogP contribution in [-0.2, 0) is 0 Å². The first kappa shape index (κ1) is 13.4. The molecule has 1 atom stereocenters. The van der Waals surface area contributed by atoms with Crippen LogP contribution in [0.4, 0.5) is 4.39 Å². The maximum Gasteiger partial charge on any atom is 0.144 e. The zero-order valence-electron chi connectivity index (χ0n) is 7.61. The van der Waals surface area contributed by atoms with Crippen molar-refractivity contribution in [2.24, 2.45) is 5.73 Å². The third-order valence-electron chi connectivity index (χ3n) is 1.97. The predicted molar refractivity (Wildman–Crippen MR) is 68.7 cm³/mol. The molecule has 0 radical (unpaired) electrons. The highest BCUT2D eigenvalue weighted by Gasteiger charge is 2.18. The lowest BCUT2D eigenvalue weighted by Crippen LogP contribution is -2.12. The average Bonchev–Trinajstić information content (AvgIpc) is 2.15. The van der Waals surface area contributed by atoms with E-state index in [2.05, 4.69) is 47.8 Å². The summed E-state index contributed by atoms with van der Waals surface area (Å²) in [5, 5.41) is 9.66. The van der Waals surface area contributed by atoms with E-state index in [-0.39, 0.29) is 12.2 Å². The Morgan fingerprint density at radius 2 is 1.93 bits per heavy atom. The highest BCUT2D eigenvalue weighted by Crippen LogP contribution is 2.42. The molecule has 6 heteroatoms. The van der Waals surface area contributed by atoms with E-state index in [1.807, 2.05) is 0 Å². The van der Waals surface area contributed by atoms with E-state index in [0.717, 1.165) is 4.47 Å². The van der Waals surface area contributed by atoms with Gasteiger partial charge in [0, 0.05) is 16.1 Å². The molecular formula is C9H9Br3FNO. The molecule has 84 valence electrons. The van der Waals surface area contributed by atoms with Crippen molar-refractivity contribution >= 4 is 47.8 Å². The number of phenols is 1. The molecule has 2 nitrogen and oxygen atoms in total. The highest BCUT2D eigenvalue weighted by atomic mass is 79.9. The molecule has 3 N–H and O–H groups in total. The van der Waals surface area contributed by atoms with Gasteiger partial charge in [0.1, 0.15) is 5.75 Å². The largest absolute Gasteiger partial charge is 0.506 e. The molecule has 0 heterocycles. The predicted octanol–water partition coefficient (Wildman–Crippen LogP) is 4.04. The molecule has 1 aromatic rings. The van der Waals surface area contributed by atoms with E-state index in [9.17, 15) is 9.50 Å². The number of halogens is 4. The van der Waals surface area contributed by atoms with Crippen molar-refractivity contribution < 1.29 is 9.50 Å². The van der Waals surface area contributed by atoms with Gasteiger partial charge in [0.2, 0.25) is 0 Å². The summed E-state index contributed by atoms with van der Waals surface area (Å²) in [5.74, 6) is 0.0718. The summed E-state index contributed by atoms with van der Waals surface area (Å²) in [6.45, 7) is -0.489. The Morgan fingerprint density at radius 1 is 1.33 bits per heavy atom. The number of hydrogen-bond donors (Lipinski definition) is 2. The molecule has 0 aliphatic rings. The summed E-state index contributed by atoms with van der Waals surface area (Å²) in [6, 6.07) is 1.24. The third kappa shape index (κ3) is 2.93. The van der Waals surface area contributed by atoms with Crippen LogP contribution in [0.2, 0.25) is 0 Å². The highest BCUT2D eigenvalue weighted by molar-refractivity contribution is 9.11. The molecule has 0 spiro atoms. The van der Waals surface area contributed by atoms with Crippen molar-refractivity contribution in [3.05, 3.63) is 25.0 Å². The van der Waals surface area contributed by atoms with Crippen molar-refractivity contribution in [2.45, 2.75) is 12.5 Å². The molecular weight excluding hydrogens is 397 g/mol. The van der Waals surface area contributed by atoms with Gasteiger partial charge in [-0.2, -0.15) is 0 Å². The van der Waals surface area contributed by atoms with Gasteiger partial charge in [-0.25, -0.2) is 0 Å². The van der Waals surface area contributed by atoms with Crippen LogP contribution in [0.1, 0.15) is 18.0 Å². The summed E-state index contributed by atoms with van der Waals surface area (Å²) in [7, 11) is 0. The number of benzene rings is 1. The fourth-order valence-electron chi connectivity index (χ4n) is 1.20. The summed E-state index contributed by atoms with van der Waals surface area (Å²) in [6.07, 6.45) is 0.221. The second-order valence-electron chi connectivity index (χ2n) is 3.00. The minimum atomic E-state index is -0.489. The van der Waals surface area contributed by atoms with Gasteiger partial charge in [-0.3, -0.25) is 4.39 Å². The second-order valence-corrected chi connectivity index (χ2v) is 5.50. The molecule has 0 fully saturated rings. The Labute approximate surface area is 112 Å². The number of rotatable bonds is 3. The fraction of sp³-hybridized carbons (Fsp3) is 0.333. The van der Waals surface area contributed by atoms with E-state index in [0.29, 0.717) is 14.5 Å². The van der Waals surface area contributed by atoms with Crippen LogP contribution in [0.5, 0.6) is 5.75 Å². The second kappa shape index (κ2) is 5.61. The van der Waals surface area contributed by atoms with Crippen molar-refractivity contribution in [3.8, 4) is 5.75 Å². The summed E-state index contributed by atoms with van der Waals surface area (Å²) in [5.41, 5.74) is 6.47. The minimum absolute atomic E-state index is 0.0718. The topological polar surface area (TPSA) is 46.2 Å². The van der Waals surface area contributed by atoms with Gasteiger partial charge in [-0.1, -0.05) is 15.9 Å².